The van der Waals surface area contributed by atoms with Crippen LogP contribution in [-0.4, -0.2) is 80.0 Å². The van der Waals surface area contributed by atoms with Gasteiger partial charge in [0.25, 0.3) is 5.91 Å². The van der Waals surface area contributed by atoms with Gasteiger partial charge in [-0.1, -0.05) is 13.8 Å². The van der Waals surface area contributed by atoms with Crippen molar-refractivity contribution < 1.29 is 22.0 Å². The summed E-state index contributed by atoms with van der Waals surface area (Å²) in [7, 11) is -2.08. The fourth-order valence-electron chi connectivity index (χ4n) is 5.03. The number of hydrogen-bond donors (Lipinski definition) is 3. The Hall–Kier alpha value is -3.55. The monoisotopic (exact) mass is 587 g/mol. The van der Waals surface area contributed by atoms with Crippen molar-refractivity contribution in [1.29, 1.82) is 0 Å². The summed E-state index contributed by atoms with van der Waals surface area (Å²) in [6, 6.07) is 7.94. The second-order valence-corrected chi connectivity index (χ2v) is 12.9. The average Bonchev–Trinajstić information content (AvgIpc) is 3.33. The highest BCUT2D eigenvalue weighted by molar-refractivity contribution is 7.89. The van der Waals surface area contributed by atoms with Gasteiger partial charge in [-0.2, -0.15) is 9.40 Å². The minimum atomic E-state index is -4.18. The number of anilines is 3. The van der Waals surface area contributed by atoms with Crippen LogP contribution in [0, 0.1) is 17.6 Å². The molecule has 41 heavy (non-hydrogen) atoms. The molecule has 0 unspecified atom stereocenters. The number of nitrogens with zero attached hydrogens (tertiary/aromatic N) is 4. The molecule has 0 spiro atoms. The summed E-state index contributed by atoms with van der Waals surface area (Å²) in [6.07, 6.45) is 0.302. The highest BCUT2D eigenvalue weighted by Crippen LogP contribution is 2.30. The van der Waals surface area contributed by atoms with Crippen molar-refractivity contribution in [3.8, 4) is 0 Å². The third-order valence-electron chi connectivity index (χ3n) is 7.42. The molecule has 0 aliphatic carbocycles. The highest BCUT2D eigenvalue weighted by atomic mass is 32.2. The first-order chi connectivity index (χ1) is 19.5. The van der Waals surface area contributed by atoms with Crippen LogP contribution in [0.3, 0.4) is 0 Å². The van der Waals surface area contributed by atoms with E-state index < -0.39 is 26.6 Å². The molecule has 1 fully saturated rings. The van der Waals surface area contributed by atoms with Gasteiger partial charge in [-0.05, 0) is 43.3 Å². The topological polar surface area (TPSA) is 114 Å². The molecule has 10 nitrogen and oxygen atoms in total. The molecule has 2 aliphatic heterocycles. The van der Waals surface area contributed by atoms with Crippen LogP contribution in [0.1, 0.15) is 35.5 Å². The second kappa shape index (κ2) is 11.7. The molecule has 0 atom stereocenters. The van der Waals surface area contributed by atoms with E-state index in [0.717, 1.165) is 48.3 Å². The van der Waals surface area contributed by atoms with Gasteiger partial charge in [-0.3, -0.25) is 9.89 Å². The lowest BCUT2D eigenvalue weighted by atomic mass is 10.1. The number of nitrogens with one attached hydrogen (secondary N) is 3. The number of benzene rings is 2. The summed E-state index contributed by atoms with van der Waals surface area (Å²) < 4.78 is 55.0. The molecule has 5 rings (SSSR count). The van der Waals surface area contributed by atoms with Crippen molar-refractivity contribution in [2.45, 2.75) is 31.7 Å². The van der Waals surface area contributed by atoms with Crippen molar-refractivity contribution in [3.63, 3.8) is 0 Å². The van der Waals surface area contributed by atoms with Crippen LogP contribution in [0.2, 0.25) is 0 Å². The van der Waals surface area contributed by atoms with Crippen molar-refractivity contribution >= 4 is 33.1 Å². The van der Waals surface area contributed by atoms with Gasteiger partial charge in [-0.15, -0.1) is 0 Å². The van der Waals surface area contributed by atoms with E-state index in [2.05, 4.69) is 51.5 Å². The van der Waals surface area contributed by atoms with Gasteiger partial charge in [-0.25, -0.2) is 17.2 Å². The SMILES string of the molecule is CC(C)CNc1cc(N2CCN(C)CC2)ccc1C(=O)Nc1n[nH]c2c1CN(S(=O)(=O)c1cc(F)cc(F)c1)CC2. The fourth-order valence-corrected chi connectivity index (χ4v) is 6.48. The lowest BCUT2D eigenvalue weighted by molar-refractivity contribution is 0.102. The summed E-state index contributed by atoms with van der Waals surface area (Å²) in [5, 5.41) is 13.4. The zero-order chi connectivity index (χ0) is 29.3. The molecule has 3 N–H and O–H groups in total. The van der Waals surface area contributed by atoms with E-state index in [-0.39, 0.29) is 24.8 Å². The van der Waals surface area contributed by atoms with Gasteiger partial charge in [0.15, 0.2) is 5.82 Å². The van der Waals surface area contributed by atoms with Crippen molar-refractivity contribution in [3.05, 3.63) is 64.9 Å². The molecular formula is C28H35F2N7O3S. The van der Waals surface area contributed by atoms with Gasteiger partial charge in [0.2, 0.25) is 10.0 Å². The number of sulfonamides is 1. The molecule has 0 saturated carbocycles. The minimum absolute atomic E-state index is 0.0973. The van der Waals surface area contributed by atoms with Crippen molar-refractivity contribution in [2.24, 2.45) is 5.92 Å². The Balaban J connectivity index is 1.37. The summed E-state index contributed by atoms with van der Waals surface area (Å²) in [4.78, 5) is 17.6. The van der Waals surface area contributed by atoms with E-state index in [1.54, 1.807) is 6.07 Å². The fraction of sp³-hybridized carbons (Fsp3) is 0.429. The molecular weight excluding hydrogens is 552 g/mol. The third-order valence-corrected chi connectivity index (χ3v) is 9.24. The van der Waals surface area contributed by atoms with Crippen LogP contribution in [0.5, 0.6) is 0 Å². The van der Waals surface area contributed by atoms with E-state index >= 15 is 0 Å². The molecule has 220 valence electrons. The summed E-state index contributed by atoms with van der Waals surface area (Å²) in [5.74, 6) is -1.76. The molecule has 1 saturated heterocycles. The lowest BCUT2D eigenvalue weighted by Crippen LogP contribution is -2.44. The zero-order valence-electron chi connectivity index (χ0n) is 23.4. The van der Waals surface area contributed by atoms with Gasteiger partial charge >= 0.3 is 0 Å². The maximum Gasteiger partial charge on any atom is 0.258 e. The molecule has 3 aromatic rings. The molecule has 3 heterocycles. The quantitative estimate of drug-likeness (QED) is 0.370. The first-order valence-electron chi connectivity index (χ1n) is 13.7. The zero-order valence-corrected chi connectivity index (χ0v) is 24.2. The van der Waals surface area contributed by atoms with E-state index in [1.165, 1.54) is 0 Å². The Labute approximate surface area is 238 Å². The predicted molar refractivity (Wildman–Crippen MR) is 154 cm³/mol. The molecule has 2 aliphatic rings. The lowest BCUT2D eigenvalue weighted by Gasteiger charge is -2.34. The number of fused-ring (bicyclic) bond motifs is 1. The molecule has 2 aromatic carbocycles. The minimum Gasteiger partial charge on any atom is -0.384 e. The number of aromatic nitrogens is 2. The van der Waals surface area contributed by atoms with Gasteiger partial charge in [0, 0.05) is 80.9 Å². The summed E-state index contributed by atoms with van der Waals surface area (Å²) in [5.41, 5.74) is 3.38. The number of likely N-dealkylation sites (N-methyl/N-ethyl adjacent to an activating group) is 1. The summed E-state index contributed by atoms with van der Waals surface area (Å²) in [6.45, 7) is 8.56. The first kappa shape index (κ1) is 29.0. The Bertz CT molecular complexity index is 1520. The van der Waals surface area contributed by atoms with Crippen LogP contribution >= 0.6 is 0 Å². The molecule has 0 bridgehead atoms. The highest BCUT2D eigenvalue weighted by Gasteiger charge is 2.32. The Morgan fingerprint density at radius 2 is 1.76 bits per heavy atom. The first-order valence-corrected chi connectivity index (χ1v) is 15.1. The van der Waals surface area contributed by atoms with Gasteiger partial charge in [0.1, 0.15) is 11.6 Å². The number of amides is 1. The molecule has 0 radical (unpaired) electrons. The van der Waals surface area contributed by atoms with Gasteiger partial charge in [0.05, 0.1) is 10.5 Å². The second-order valence-electron chi connectivity index (χ2n) is 11.0. The van der Waals surface area contributed by atoms with Crippen LogP contribution in [0.15, 0.2) is 41.3 Å². The maximum atomic E-state index is 13.8. The van der Waals surface area contributed by atoms with Crippen LogP contribution in [0.4, 0.5) is 26.0 Å². The largest absolute Gasteiger partial charge is 0.384 e. The number of aromatic amines is 1. The number of carbonyl (C=O) groups excluding carboxylic acids is 1. The molecule has 1 aromatic heterocycles. The number of hydrogen-bond acceptors (Lipinski definition) is 7. The van der Waals surface area contributed by atoms with Crippen LogP contribution in [0.25, 0.3) is 0 Å². The predicted octanol–water partition coefficient (Wildman–Crippen LogP) is 3.51. The van der Waals surface area contributed by atoms with E-state index in [1.807, 2.05) is 12.1 Å². The number of carbonyl (C=O) groups is 1. The Morgan fingerprint density at radius 3 is 2.44 bits per heavy atom. The maximum absolute atomic E-state index is 13.8. The van der Waals surface area contributed by atoms with E-state index in [4.69, 9.17) is 0 Å². The number of halogens is 2. The smallest absolute Gasteiger partial charge is 0.258 e. The van der Waals surface area contributed by atoms with Crippen molar-refractivity contribution in [1.82, 2.24) is 19.4 Å². The number of piperazine rings is 1. The van der Waals surface area contributed by atoms with E-state index in [0.29, 0.717) is 47.5 Å². The number of rotatable bonds is 8. The Morgan fingerprint density at radius 1 is 1.05 bits per heavy atom. The van der Waals surface area contributed by atoms with Crippen LogP contribution in [-0.2, 0) is 23.0 Å². The van der Waals surface area contributed by atoms with Gasteiger partial charge < -0.3 is 20.4 Å². The Kier molecular flexibility index (Phi) is 8.30. The average molecular weight is 588 g/mol. The normalized spacial score (nSPS) is 16.6. The van der Waals surface area contributed by atoms with E-state index in [9.17, 15) is 22.0 Å². The number of H-pyrrole nitrogens is 1. The standard InChI is InChI=1S/C28H35F2N7O3S/c1-18(2)16-31-26-15-21(36-10-8-35(3)9-11-36)4-5-23(26)28(38)32-27-24-17-37(7-6-25(24)33-34-27)41(39,40)22-13-19(29)12-20(30)14-22/h4-5,12-15,18,31H,6-11,16-17H2,1-3H3,(H2,32,33,34,38). The third kappa shape index (κ3) is 6.36. The molecule has 1 amide bonds. The summed E-state index contributed by atoms with van der Waals surface area (Å²) >= 11 is 0. The van der Waals surface area contributed by atoms with Crippen molar-refractivity contribution in [2.75, 3.05) is 61.8 Å². The molecule has 13 heteroatoms. The van der Waals surface area contributed by atoms with Crippen LogP contribution < -0.4 is 15.5 Å².